The first-order chi connectivity index (χ1) is 10.5. The van der Waals surface area contributed by atoms with Crippen LogP contribution in [0.5, 0.6) is 0 Å². The van der Waals surface area contributed by atoms with E-state index in [0.717, 1.165) is 24.0 Å². The summed E-state index contributed by atoms with van der Waals surface area (Å²) >= 11 is 0. The molecule has 0 spiro atoms. The number of hydrogen-bond acceptors (Lipinski definition) is 4. The first-order valence-corrected chi connectivity index (χ1v) is 9.23. The van der Waals surface area contributed by atoms with Crippen LogP contribution in [0.3, 0.4) is 0 Å². The van der Waals surface area contributed by atoms with Gasteiger partial charge in [0.25, 0.3) is 0 Å². The summed E-state index contributed by atoms with van der Waals surface area (Å²) in [5, 5.41) is 0. The third-order valence-electron chi connectivity index (χ3n) is 4.41. The highest BCUT2D eigenvalue weighted by atomic mass is 32.2. The fourth-order valence-corrected chi connectivity index (χ4v) is 5.03. The van der Waals surface area contributed by atoms with Gasteiger partial charge in [0.05, 0.1) is 18.1 Å². The zero-order valence-electron chi connectivity index (χ0n) is 13.1. The number of nitrogens with zero attached hydrogens (tertiary/aromatic N) is 1. The molecule has 122 valence electrons. The van der Waals surface area contributed by atoms with Crippen LogP contribution in [0.15, 0.2) is 23.1 Å². The average Bonchev–Trinajstić information content (AvgIpc) is 3.04. The predicted octanol–water partition coefficient (Wildman–Crippen LogP) is 2.08. The van der Waals surface area contributed by atoms with Crippen molar-refractivity contribution in [2.24, 2.45) is 5.92 Å². The molecule has 0 bridgehead atoms. The molecule has 6 heteroatoms. The molecule has 3 rings (SSSR count). The smallest absolute Gasteiger partial charge is 0.243 e. The molecule has 2 heterocycles. The van der Waals surface area contributed by atoms with Crippen molar-refractivity contribution in [3.05, 3.63) is 29.3 Å². The van der Waals surface area contributed by atoms with Gasteiger partial charge in [-0.3, -0.25) is 0 Å². The second-order valence-corrected chi connectivity index (χ2v) is 8.05. The Bertz CT molecular complexity index is 638. The highest BCUT2D eigenvalue weighted by Crippen LogP contribution is 2.29. The van der Waals surface area contributed by atoms with Gasteiger partial charge in [-0.2, -0.15) is 4.31 Å². The van der Waals surface area contributed by atoms with E-state index in [0.29, 0.717) is 31.2 Å². The monoisotopic (exact) mass is 325 g/mol. The fourth-order valence-electron chi connectivity index (χ4n) is 3.19. The Kier molecular flexibility index (Phi) is 4.54. The summed E-state index contributed by atoms with van der Waals surface area (Å²) in [7, 11) is -3.46. The number of benzene rings is 1. The number of sulfonamides is 1. The third kappa shape index (κ3) is 3.06. The molecule has 1 atom stereocenters. The molecular formula is C16H23NO4S. The summed E-state index contributed by atoms with van der Waals surface area (Å²) in [6.07, 6.45) is 1.54. The second-order valence-electron chi connectivity index (χ2n) is 6.14. The number of piperidine rings is 1. The summed E-state index contributed by atoms with van der Waals surface area (Å²) in [5.74, 6) is 0.121. The standard InChI is InChI=1S/C16H23NO4S/c1-12-5-6-13(2)15(10-12)22(18,19)17-7-3-4-14(11-17)16-20-8-9-21-16/h5-6,10,14,16H,3-4,7-9,11H2,1-2H3/t14-/m1/s1. The summed E-state index contributed by atoms with van der Waals surface area (Å²) in [4.78, 5) is 0.418. The third-order valence-corrected chi connectivity index (χ3v) is 6.42. The van der Waals surface area contributed by atoms with Gasteiger partial charge < -0.3 is 9.47 Å². The predicted molar refractivity (Wildman–Crippen MR) is 83.1 cm³/mol. The molecule has 0 amide bonds. The molecule has 2 aliphatic heterocycles. The van der Waals surface area contributed by atoms with Gasteiger partial charge in [0, 0.05) is 19.0 Å². The van der Waals surface area contributed by atoms with Crippen molar-refractivity contribution in [2.45, 2.75) is 37.9 Å². The van der Waals surface area contributed by atoms with Crippen molar-refractivity contribution in [1.29, 1.82) is 0 Å². The van der Waals surface area contributed by atoms with E-state index in [2.05, 4.69) is 0 Å². The lowest BCUT2D eigenvalue weighted by atomic mass is 9.99. The van der Waals surface area contributed by atoms with E-state index >= 15 is 0 Å². The normalized spacial score (nSPS) is 24.7. The molecule has 5 nitrogen and oxygen atoms in total. The van der Waals surface area contributed by atoms with Gasteiger partial charge in [-0.05, 0) is 43.9 Å². The Morgan fingerprint density at radius 1 is 1.18 bits per heavy atom. The lowest BCUT2D eigenvalue weighted by molar-refractivity contribution is -0.0940. The lowest BCUT2D eigenvalue weighted by Gasteiger charge is -2.34. The van der Waals surface area contributed by atoms with Gasteiger partial charge in [0.2, 0.25) is 10.0 Å². The SMILES string of the molecule is Cc1ccc(C)c(S(=O)(=O)N2CCC[C@@H](C3OCCO3)C2)c1. The molecule has 0 N–H and O–H groups in total. The quantitative estimate of drug-likeness (QED) is 0.854. The molecule has 2 fully saturated rings. The van der Waals surface area contributed by atoms with E-state index in [4.69, 9.17) is 9.47 Å². The molecule has 2 aliphatic rings. The Hall–Kier alpha value is -0.950. The van der Waals surface area contributed by atoms with Crippen molar-refractivity contribution in [1.82, 2.24) is 4.31 Å². The number of ether oxygens (including phenoxy) is 2. The van der Waals surface area contributed by atoms with Gasteiger partial charge >= 0.3 is 0 Å². The van der Waals surface area contributed by atoms with Gasteiger partial charge in [0.15, 0.2) is 6.29 Å². The molecule has 0 saturated carbocycles. The maximum absolute atomic E-state index is 13.0. The first-order valence-electron chi connectivity index (χ1n) is 7.79. The van der Waals surface area contributed by atoms with Crippen LogP contribution in [0.4, 0.5) is 0 Å². The fraction of sp³-hybridized carbons (Fsp3) is 0.625. The zero-order valence-corrected chi connectivity index (χ0v) is 13.9. The summed E-state index contributed by atoms with van der Waals surface area (Å²) in [5.41, 5.74) is 1.75. The van der Waals surface area contributed by atoms with Gasteiger partial charge in [-0.15, -0.1) is 0 Å². The number of rotatable bonds is 3. The maximum Gasteiger partial charge on any atom is 0.243 e. The van der Waals surface area contributed by atoms with Crippen molar-refractivity contribution in [3.63, 3.8) is 0 Å². The molecule has 1 aromatic carbocycles. The van der Waals surface area contributed by atoms with E-state index in [1.54, 1.807) is 10.4 Å². The first kappa shape index (κ1) is 15.9. The molecule has 1 aromatic rings. The van der Waals surface area contributed by atoms with Gasteiger partial charge in [-0.1, -0.05) is 12.1 Å². The summed E-state index contributed by atoms with van der Waals surface area (Å²) in [6.45, 7) is 6.00. The molecule has 2 saturated heterocycles. The summed E-state index contributed by atoms with van der Waals surface area (Å²) in [6, 6.07) is 5.57. The van der Waals surface area contributed by atoms with Crippen LogP contribution in [-0.4, -0.2) is 45.3 Å². The van der Waals surface area contributed by atoms with Crippen LogP contribution in [0, 0.1) is 19.8 Å². The highest BCUT2D eigenvalue weighted by Gasteiger charge is 2.36. The zero-order chi connectivity index (χ0) is 15.7. The minimum absolute atomic E-state index is 0.121. The molecule has 22 heavy (non-hydrogen) atoms. The van der Waals surface area contributed by atoms with Crippen LogP contribution in [0.1, 0.15) is 24.0 Å². The molecular weight excluding hydrogens is 302 g/mol. The number of hydrogen-bond donors (Lipinski definition) is 0. The Balaban J connectivity index is 1.83. The maximum atomic E-state index is 13.0. The Labute approximate surface area is 132 Å². The Morgan fingerprint density at radius 2 is 1.91 bits per heavy atom. The molecule has 0 radical (unpaired) electrons. The van der Waals surface area contributed by atoms with Crippen molar-refractivity contribution >= 4 is 10.0 Å². The molecule has 0 unspecified atom stereocenters. The van der Waals surface area contributed by atoms with E-state index in [-0.39, 0.29) is 12.2 Å². The topological polar surface area (TPSA) is 55.8 Å². The number of aryl methyl sites for hydroxylation is 2. The van der Waals surface area contributed by atoms with Crippen LogP contribution in [0.2, 0.25) is 0 Å². The van der Waals surface area contributed by atoms with Crippen LogP contribution < -0.4 is 0 Å². The van der Waals surface area contributed by atoms with Gasteiger partial charge in [0.1, 0.15) is 0 Å². The van der Waals surface area contributed by atoms with Crippen molar-refractivity contribution in [2.75, 3.05) is 26.3 Å². The van der Waals surface area contributed by atoms with Crippen molar-refractivity contribution in [3.8, 4) is 0 Å². The van der Waals surface area contributed by atoms with Crippen LogP contribution in [0.25, 0.3) is 0 Å². The Morgan fingerprint density at radius 3 is 2.64 bits per heavy atom. The molecule has 0 aromatic heterocycles. The van der Waals surface area contributed by atoms with E-state index < -0.39 is 10.0 Å². The van der Waals surface area contributed by atoms with Gasteiger partial charge in [-0.25, -0.2) is 8.42 Å². The largest absolute Gasteiger partial charge is 0.350 e. The minimum atomic E-state index is -3.46. The lowest BCUT2D eigenvalue weighted by Crippen LogP contribution is -2.43. The molecule has 0 aliphatic carbocycles. The van der Waals surface area contributed by atoms with E-state index in [1.165, 1.54) is 0 Å². The highest BCUT2D eigenvalue weighted by molar-refractivity contribution is 7.89. The van der Waals surface area contributed by atoms with Crippen LogP contribution in [-0.2, 0) is 19.5 Å². The van der Waals surface area contributed by atoms with Crippen LogP contribution >= 0.6 is 0 Å². The van der Waals surface area contributed by atoms with Crippen molar-refractivity contribution < 1.29 is 17.9 Å². The average molecular weight is 325 g/mol. The summed E-state index contributed by atoms with van der Waals surface area (Å²) < 4.78 is 38.6. The van der Waals surface area contributed by atoms with E-state index in [9.17, 15) is 8.42 Å². The minimum Gasteiger partial charge on any atom is -0.350 e. The second kappa shape index (κ2) is 6.28. The van der Waals surface area contributed by atoms with E-state index in [1.807, 2.05) is 26.0 Å².